The number of benzene rings is 1. The van der Waals surface area contributed by atoms with Crippen LogP contribution in [0, 0.1) is 23.7 Å². The normalized spacial score (nSPS) is 23.6. The van der Waals surface area contributed by atoms with Crippen molar-refractivity contribution >= 4 is 77.6 Å². The van der Waals surface area contributed by atoms with Crippen molar-refractivity contribution in [3.63, 3.8) is 0 Å². The van der Waals surface area contributed by atoms with Gasteiger partial charge in [0.1, 0.15) is 36.6 Å². The van der Waals surface area contributed by atoms with E-state index >= 15 is 0 Å². The van der Waals surface area contributed by atoms with Crippen LogP contribution in [0.2, 0.25) is 0 Å². The zero-order valence-electron chi connectivity index (χ0n) is 40.5. The van der Waals surface area contributed by atoms with Gasteiger partial charge in [-0.1, -0.05) is 39.8 Å². The highest BCUT2D eigenvalue weighted by Gasteiger charge is 2.45. The standard InChI is InChI=1S/C46H68N12O13/c1-6-24(4)39-45(70)55-30(11-13-34(47)60)43(68)57-32(20-35(48)61)44(69)54-29(12-14-37(63)51-22-38(64)53-33(46(71)58(39)5)18-25-7-9-27(59)10-8-25)41(66)50-16-15-26-19-28(26)40(65)56-31(17-23(2)3)42(67)52-21-36(49)62/h7-10,23-24,26,28-33,39H,5-6,11-22H2,1-4H3,(H14-,47,48,49,50,51,52,53,54,55,56,57,59,60,61,62,63,64,65,66,67,68,69,70)/p+1. The maximum absolute atomic E-state index is 14.2. The summed E-state index contributed by atoms with van der Waals surface area (Å²) in [6, 6.07) is -2.86. The molecule has 15 N–H and O–H groups in total. The fraction of sp³-hybridized carbons (Fsp3) is 0.587. The van der Waals surface area contributed by atoms with Crippen LogP contribution < -0.4 is 59.7 Å². The Hall–Kier alpha value is -7.47. The smallest absolute Gasteiger partial charge is 0.409 e. The summed E-state index contributed by atoms with van der Waals surface area (Å²) >= 11 is 0. The van der Waals surface area contributed by atoms with Crippen LogP contribution >= 0.6 is 0 Å². The fourth-order valence-corrected chi connectivity index (χ4v) is 7.83. The molecule has 1 saturated carbocycles. The molecule has 1 aliphatic heterocycles. The number of nitrogens with zero attached hydrogens (tertiary/aromatic N) is 1. The summed E-state index contributed by atoms with van der Waals surface area (Å²) in [5, 5.41) is 29.9. The molecule has 390 valence electrons. The van der Waals surface area contributed by atoms with Gasteiger partial charge < -0.3 is 64.8 Å². The van der Waals surface area contributed by atoms with Crippen molar-refractivity contribution in [2.24, 2.45) is 40.9 Å². The maximum Gasteiger partial charge on any atom is 0.409 e. The van der Waals surface area contributed by atoms with E-state index in [1.807, 2.05) is 13.8 Å². The molecule has 71 heavy (non-hydrogen) atoms. The molecule has 0 bridgehead atoms. The fourth-order valence-electron chi connectivity index (χ4n) is 7.83. The minimum Gasteiger partial charge on any atom is -0.508 e. The van der Waals surface area contributed by atoms with Gasteiger partial charge in [-0.3, -0.25) is 52.7 Å². The topological polar surface area (TPSA) is 402 Å². The van der Waals surface area contributed by atoms with Crippen LogP contribution in [-0.2, 0) is 64.0 Å². The Balaban J connectivity index is 1.91. The Morgan fingerprint density at radius 3 is 2.04 bits per heavy atom. The lowest BCUT2D eigenvalue weighted by Crippen LogP contribution is -2.60. The van der Waals surface area contributed by atoms with Gasteiger partial charge in [-0.2, -0.15) is 4.58 Å². The average Bonchev–Trinajstić information content (AvgIpc) is 4.08. The molecule has 1 heterocycles. The van der Waals surface area contributed by atoms with E-state index in [9.17, 15) is 62.6 Å². The molecular formula is C46H69N12O13+. The minimum atomic E-state index is -1.77. The molecule has 9 atom stereocenters. The van der Waals surface area contributed by atoms with Crippen LogP contribution in [-0.4, -0.2) is 143 Å². The van der Waals surface area contributed by atoms with E-state index in [1.54, 1.807) is 13.8 Å². The number of carbonyl (C=O) groups is 12. The van der Waals surface area contributed by atoms with Gasteiger partial charge in [0, 0.05) is 37.6 Å². The van der Waals surface area contributed by atoms with E-state index in [0.717, 1.165) is 4.58 Å². The Bertz CT molecular complexity index is 2190. The second kappa shape index (κ2) is 27.7. The summed E-state index contributed by atoms with van der Waals surface area (Å²) in [6.45, 7) is 9.83. The van der Waals surface area contributed by atoms with Gasteiger partial charge in [0.15, 0.2) is 6.04 Å². The molecule has 9 unspecified atom stereocenters. The number of rotatable bonds is 20. The third-order valence-corrected chi connectivity index (χ3v) is 12.0. The zero-order chi connectivity index (χ0) is 53.1. The number of nitrogens with one attached hydrogen (secondary N) is 8. The summed E-state index contributed by atoms with van der Waals surface area (Å²) < 4.78 is 0.853. The predicted molar refractivity (Wildman–Crippen MR) is 252 cm³/mol. The number of hydrogen-bond donors (Lipinski definition) is 12. The summed E-state index contributed by atoms with van der Waals surface area (Å²) in [5.41, 5.74) is 16.5. The van der Waals surface area contributed by atoms with Gasteiger partial charge in [-0.05, 0) is 68.1 Å². The van der Waals surface area contributed by atoms with Gasteiger partial charge in [-0.25, -0.2) is 4.79 Å². The van der Waals surface area contributed by atoms with E-state index in [2.05, 4.69) is 49.3 Å². The molecule has 1 aromatic rings. The number of nitrogens with two attached hydrogens (primary N) is 3. The molecular weight excluding hydrogens is 929 g/mol. The third kappa shape index (κ3) is 19.5. The highest BCUT2D eigenvalue weighted by molar-refractivity contribution is 5.98. The molecule has 3 rings (SSSR count). The number of hydrogen-bond acceptors (Lipinski definition) is 13. The Labute approximate surface area is 410 Å². The molecule has 2 fully saturated rings. The van der Waals surface area contributed by atoms with E-state index in [-0.39, 0.29) is 43.4 Å². The van der Waals surface area contributed by atoms with Gasteiger partial charge in [0.2, 0.25) is 65.1 Å². The van der Waals surface area contributed by atoms with Crippen molar-refractivity contribution in [1.29, 1.82) is 0 Å². The minimum absolute atomic E-state index is 0.0131. The van der Waals surface area contributed by atoms with Crippen molar-refractivity contribution in [3.05, 3.63) is 29.8 Å². The highest BCUT2D eigenvalue weighted by atomic mass is 16.3. The molecule has 25 nitrogen and oxygen atoms in total. The molecule has 0 spiro atoms. The Morgan fingerprint density at radius 1 is 0.789 bits per heavy atom. The first-order valence-electron chi connectivity index (χ1n) is 23.5. The van der Waals surface area contributed by atoms with Gasteiger partial charge in [0.05, 0.1) is 19.5 Å². The second-order valence-electron chi connectivity index (χ2n) is 18.4. The molecule has 0 aromatic heterocycles. The molecule has 25 heteroatoms. The largest absolute Gasteiger partial charge is 0.508 e. The first-order chi connectivity index (χ1) is 33.4. The van der Waals surface area contributed by atoms with Gasteiger partial charge in [-0.15, -0.1) is 0 Å². The van der Waals surface area contributed by atoms with Crippen LogP contribution in [0.1, 0.15) is 91.0 Å². The van der Waals surface area contributed by atoms with Crippen LogP contribution in [0.25, 0.3) is 0 Å². The summed E-state index contributed by atoms with van der Waals surface area (Å²) in [4.78, 5) is 158. The Morgan fingerprint density at radius 2 is 1.44 bits per heavy atom. The predicted octanol–water partition coefficient (Wildman–Crippen LogP) is -4.15. The lowest BCUT2D eigenvalue weighted by Gasteiger charge is -2.26. The van der Waals surface area contributed by atoms with Crippen LogP contribution in [0.5, 0.6) is 5.75 Å². The average molecular weight is 998 g/mol. The summed E-state index contributed by atoms with van der Waals surface area (Å²) in [7, 11) is 0. The van der Waals surface area contributed by atoms with E-state index in [1.165, 1.54) is 24.3 Å². The lowest BCUT2D eigenvalue weighted by atomic mass is 9.95. The Kier molecular flexibility index (Phi) is 22.5. The van der Waals surface area contributed by atoms with E-state index in [0.29, 0.717) is 18.4 Å². The lowest BCUT2D eigenvalue weighted by molar-refractivity contribution is -0.478. The first kappa shape index (κ1) is 57.8. The van der Waals surface area contributed by atoms with E-state index in [4.69, 9.17) is 17.2 Å². The maximum atomic E-state index is 14.2. The van der Waals surface area contributed by atoms with Crippen molar-refractivity contribution in [3.8, 4) is 5.75 Å². The summed E-state index contributed by atoms with van der Waals surface area (Å²) in [5.74, 6) is -11.4. The number of carbonyl (C=O) groups excluding carboxylic acids is 12. The molecule has 1 saturated heterocycles. The highest BCUT2D eigenvalue weighted by Crippen LogP contribution is 2.41. The number of amides is 12. The zero-order valence-corrected chi connectivity index (χ0v) is 40.5. The molecule has 0 radical (unpaired) electrons. The number of phenolic OH excluding ortho intramolecular Hbond substituents is 1. The quantitative estimate of drug-likeness (QED) is 0.0553. The number of phenols is 1. The SMILES string of the molecule is C=[N+]1C(=O)C(Cc2ccc(O)cc2)NC(=O)CNC(=O)CCC(C(=O)NCCC2CC2C(=O)NC(CC(C)C)C(=O)NCC(N)=O)NC(=O)C(CC(N)=O)NC(=O)C(CCC(N)=O)NC(=O)C1C(C)CC. The van der Waals surface area contributed by atoms with Crippen molar-refractivity contribution in [2.75, 3.05) is 19.6 Å². The van der Waals surface area contributed by atoms with Crippen molar-refractivity contribution in [1.82, 2.24) is 42.5 Å². The number of aromatic hydroxyl groups is 1. The van der Waals surface area contributed by atoms with Crippen molar-refractivity contribution in [2.45, 2.75) is 128 Å². The molecule has 12 amide bonds. The number of primary amides is 3. The second-order valence-corrected chi connectivity index (χ2v) is 18.4. The molecule has 1 aliphatic carbocycles. The van der Waals surface area contributed by atoms with E-state index < -0.39 is 164 Å². The summed E-state index contributed by atoms with van der Waals surface area (Å²) in [6.07, 6.45) is -1.39. The van der Waals surface area contributed by atoms with Gasteiger partial charge in [0.25, 0.3) is 5.91 Å². The van der Waals surface area contributed by atoms with Crippen LogP contribution in [0.4, 0.5) is 0 Å². The van der Waals surface area contributed by atoms with Crippen LogP contribution in [0.3, 0.4) is 0 Å². The molecule has 2 aliphatic rings. The monoisotopic (exact) mass is 998 g/mol. The van der Waals surface area contributed by atoms with Gasteiger partial charge >= 0.3 is 5.91 Å². The van der Waals surface area contributed by atoms with Crippen LogP contribution in [0.15, 0.2) is 24.3 Å². The first-order valence-corrected chi connectivity index (χ1v) is 23.5. The third-order valence-electron chi connectivity index (χ3n) is 12.0. The molecule has 1 aromatic carbocycles. The van der Waals surface area contributed by atoms with Crippen molar-refractivity contribution < 1.29 is 67.2 Å².